The van der Waals surface area contributed by atoms with Crippen LogP contribution in [0.4, 0.5) is 5.82 Å². The molecule has 0 aromatic carbocycles. The van der Waals surface area contributed by atoms with Crippen molar-refractivity contribution in [1.29, 1.82) is 0 Å². The number of nitrogens with zero attached hydrogens (tertiary/aromatic N) is 5. The predicted molar refractivity (Wildman–Crippen MR) is 77.9 cm³/mol. The van der Waals surface area contributed by atoms with Crippen molar-refractivity contribution in [2.75, 3.05) is 11.9 Å². The van der Waals surface area contributed by atoms with E-state index in [1.54, 1.807) is 16.0 Å². The molecule has 3 heterocycles. The first-order valence-corrected chi connectivity index (χ1v) is 7.29. The lowest BCUT2D eigenvalue weighted by Crippen LogP contribution is -2.18. The molecule has 0 aliphatic carbocycles. The summed E-state index contributed by atoms with van der Waals surface area (Å²) >= 11 is 7.68. The molecule has 0 radical (unpaired) electrons. The van der Waals surface area contributed by atoms with E-state index >= 15 is 0 Å². The second kappa shape index (κ2) is 4.86. The van der Waals surface area contributed by atoms with Gasteiger partial charge in [-0.15, -0.1) is 22.9 Å². The Morgan fingerprint density at radius 3 is 3.00 bits per heavy atom. The number of hydrogen-bond donors (Lipinski definition) is 0. The van der Waals surface area contributed by atoms with Crippen molar-refractivity contribution in [2.45, 2.75) is 12.4 Å². The van der Waals surface area contributed by atoms with Crippen LogP contribution in [-0.4, -0.2) is 26.2 Å². The Labute approximate surface area is 120 Å². The number of thiazole rings is 1. The highest BCUT2D eigenvalue weighted by Gasteiger charge is 2.16. The fourth-order valence-electron chi connectivity index (χ4n) is 2.15. The summed E-state index contributed by atoms with van der Waals surface area (Å²) in [6.45, 7) is 0.766. The SMILES string of the molecule is CN(Cc1cnn(C)c1)c1nc2sccn2c1CCl. The molecule has 0 saturated heterocycles. The van der Waals surface area contributed by atoms with Crippen molar-refractivity contribution < 1.29 is 0 Å². The van der Waals surface area contributed by atoms with Crippen LogP contribution >= 0.6 is 22.9 Å². The molecular weight excluding hydrogens is 282 g/mol. The fourth-order valence-corrected chi connectivity index (χ4v) is 3.13. The third kappa shape index (κ3) is 2.21. The summed E-state index contributed by atoms with van der Waals surface area (Å²) < 4.78 is 3.85. The van der Waals surface area contributed by atoms with Gasteiger partial charge in [0.2, 0.25) is 0 Å². The van der Waals surface area contributed by atoms with Gasteiger partial charge < -0.3 is 4.90 Å². The number of halogens is 1. The molecule has 0 amide bonds. The van der Waals surface area contributed by atoms with E-state index in [1.165, 1.54) is 0 Å². The van der Waals surface area contributed by atoms with Crippen LogP contribution in [0.5, 0.6) is 0 Å². The molecule has 0 unspecified atom stereocenters. The van der Waals surface area contributed by atoms with Crippen LogP contribution in [0.15, 0.2) is 24.0 Å². The van der Waals surface area contributed by atoms with Crippen LogP contribution in [-0.2, 0) is 19.5 Å². The van der Waals surface area contributed by atoms with E-state index in [2.05, 4.69) is 15.0 Å². The minimum absolute atomic E-state index is 0.449. The third-order valence-electron chi connectivity index (χ3n) is 3.01. The van der Waals surface area contributed by atoms with E-state index in [0.29, 0.717) is 5.88 Å². The standard InChI is InChI=1S/C12H14ClN5S/c1-16(7-9-6-14-17(2)8-9)11-10(5-13)18-3-4-19-12(18)15-11/h3-4,6,8H,5,7H2,1-2H3. The number of fused-ring (bicyclic) bond motifs is 1. The third-order valence-corrected chi connectivity index (χ3v) is 4.02. The van der Waals surface area contributed by atoms with E-state index in [0.717, 1.165) is 28.6 Å². The van der Waals surface area contributed by atoms with Crippen LogP contribution in [0.3, 0.4) is 0 Å². The highest BCUT2D eigenvalue weighted by atomic mass is 35.5. The van der Waals surface area contributed by atoms with Crippen molar-refractivity contribution in [3.63, 3.8) is 0 Å². The number of hydrogen-bond acceptors (Lipinski definition) is 4. The Bertz CT molecular complexity index is 698. The zero-order chi connectivity index (χ0) is 13.4. The van der Waals surface area contributed by atoms with Gasteiger partial charge in [-0.25, -0.2) is 4.98 Å². The lowest BCUT2D eigenvalue weighted by atomic mass is 10.3. The molecule has 0 spiro atoms. The second-order valence-corrected chi connectivity index (χ2v) is 5.59. The van der Waals surface area contributed by atoms with E-state index in [-0.39, 0.29) is 0 Å². The van der Waals surface area contributed by atoms with Crippen LogP contribution in [0.25, 0.3) is 4.96 Å². The predicted octanol–water partition coefficient (Wildman–Crippen LogP) is 2.50. The van der Waals surface area contributed by atoms with Crippen LogP contribution in [0.2, 0.25) is 0 Å². The quantitative estimate of drug-likeness (QED) is 0.694. The van der Waals surface area contributed by atoms with Gasteiger partial charge in [0, 0.05) is 44.0 Å². The van der Waals surface area contributed by atoms with Gasteiger partial charge in [0.25, 0.3) is 0 Å². The van der Waals surface area contributed by atoms with Crippen molar-refractivity contribution in [2.24, 2.45) is 7.05 Å². The molecule has 0 fully saturated rings. The molecule has 0 N–H and O–H groups in total. The van der Waals surface area contributed by atoms with Gasteiger partial charge >= 0.3 is 0 Å². The summed E-state index contributed by atoms with van der Waals surface area (Å²) in [6.07, 6.45) is 5.89. The van der Waals surface area contributed by atoms with Crippen LogP contribution < -0.4 is 4.90 Å². The monoisotopic (exact) mass is 295 g/mol. The summed E-state index contributed by atoms with van der Waals surface area (Å²) in [5.41, 5.74) is 2.19. The highest BCUT2D eigenvalue weighted by molar-refractivity contribution is 7.15. The largest absolute Gasteiger partial charge is 0.354 e. The van der Waals surface area contributed by atoms with Crippen molar-refractivity contribution in [1.82, 2.24) is 19.2 Å². The molecule has 19 heavy (non-hydrogen) atoms. The molecule has 3 aromatic heterocycles. The van der Waals surface area contributed by atoms with E-state index in [9.17, 15) is 0 Å². The maximum Gasteiger partial charge on any atom is 0.195 e. The minimum atomic E-state index is 0.449. The van der Waals surface area contributed by atoms with Gasteiger partial charge in [0.15, 0.2) is 10.8 Å². The first kappa shape index (κ1) is 12.5. The van der Waals surface area contributed by atoms with Gasteiger partial charge in [0.1, 0.15) is 0 Å². The van der Waals surface area contributed by atoms with Crippen molar-refractivity contribution in [3.8, 4) is 0 Å². The van der Waals surface area contributed by atoms with Gasteiger partial charge in [0.05, 0.1) is 17.8 Å². The maximum absolute atomic E-state index is 6.06. The van der Waals surface area contributed by atoms with Gasteiger partial charge in [-0.1, -0.05) is 0 Å². The Balaban J connectivity index is 1.92. The fraction of sp³-hybridized carbons (Fsp3) is 0.333. The molecule has 0 bridgehead atoms. The molecule has 3 aromatic rings. The summed E-state index contributed by atoms with van der Waals surface area (Å²) in [7, 11) is 3.94. The number of alkyl halides is 1. The average Bonchev–Trinajstić information content (AvgIpc) is 3.03. The zero-order valence-corrected chi connectivity index (χ0v) is 12.3. The lowest BCUT2D eigenvalue weighted by molar-refractivity contribution is 0.766. The molecule has 0 aliphatic heterocycles. The van der Waals surface area contributed by atoms with Crippen LogP contribution in [0, 0.1) is 0 Å². The Morgan fingerprint density at radius 2 is 2.32 bits per heavy atom. The molecule has 0 saturated carbocycles. The molecule has 3 rings (SSSR count). The van der Waals surface area contributed by atoms with E-state index < -0.39 is 0 Å². The Morgan fingerprint density at radius 1 is 1.47 bits per heavy atom. The molecule has 0 aliphatic rings. The number of rotatable bonds is 4. The summed E-state index contributed by atoms with van der Waals surface area (Å²) in [4.78, 5) is 7.72. The van der Waals surface area contributed by atoms with Gasteiger partial charge in [-0.3, -0.25) is 9.08 Å². The summed E-state index contributed by atoms with van der Waals surface area (Å²) in [5, 5.41) is 6.20. The Kier molecular flexibility index (Phi) is 3.20. The topological polar surface area (TPSA) is 38.4 Å². The van der Waals surface area contributed by atoms with Crippen LogP contribution in [0.1, 0.15) is 11.3 Å². The number of aromatic nitrogens is 4. The lowest BCUT2D eigenvalue weighted by Gasteiger charge is -2.16. The number of aryl methyl sites for hydroxylation is 1. The number of imidazole rings is 1. The molecule has 5 nitrogen and oxygen atoms in total. The van der Waals surface area contributed by atoms with Gasteiger partial charge in [-0.05, 0) is 0 Å². The average molecular weight is 296 g/mol. The van der Waals surface area contributed by atoms with Crippen molar-refractivity contribution in [3.05, 3.63) is 35.2 Å². The molecular formula is C12H14ClN5S. The Hall–Kier alpha value is -1.53. The summed E-state index contributed by atoms with van der Waals surface area (Å²) in [6, 6.07) is 0. The minimum Gasteiger partial charge on any atom is -0.354 e. The van der Waals surface area contributed by atoms with Gasteiger partial charge in [-0.2, -0.15) is 5.10 Å². The number of anilines is 1. The van der Waals surface area contributed by atoms with E-state index in [1.807, 2.05) is 42.5 Å². The maximum atomic E-state index is 6.06. The molecule has 0 atom stereocenters. The first-order chi connectivity index (χ1) is 9.19. The molecule has 7 heteroatoms. The first-order valence-electron chi connectivity index (χ1n) is 5.88. The molecule has 100 valence electrons. The summed E-state index contributed by atoms with van der Waals surface area (Å²) in [5.74, 6) is 1.38. The van der Waals surface area contributed by atoms with E-state index in [4.69, 9.17) is 11.6 Å². The highest BCUT2D eigenvalue weighted by Crippen LogP contribution is 2.26. The zero-order valence-electron chi connectivity index (χ0n) is 10.7. The normalized spacial score (nSPS) is 11.3. The van der Waals surface area contributed by atoms with Crippen molar-refractivity contribution >= 4 is 33.7 Å². The second-order valence-electron chi connectivity index (χ2n) is 4.45. The smallest absolute Gasteiger partial charge is 0.195 e.